The molecular formula is C10H14N2O. The summed E-state index contributed by atoms with van der Waals surface area (Å²) in [6.45, 7) is 1.98. The summed E-state index contributed by atoms with van der Waals surface area (Å²) < 4.78 is 2.06. The van der Waals surface area contributed by atoms with E-state index in [0.717, 1.165) is 24.4 Å². The minimum absolute atomic E-state index is 0.259. The zero-order valence-electron chi connectivity index (χ0n) is 7.99. The Kier molecular flexibility index (Phi) is 1.96. The molecule has 0 saturated carbocycles. The van der Waals surface area contributed by atoms with Crippen LogP contribution >= 0.6 is 0 Å². The molecule has 1 aromatic rings. The van der Waals surface area contributed by atoms with Gasteiger partial charge in [0.05, 0.1) is 18.0 Å². The molecule has 3 nitrogen and oxygen atoms in total. The van der Waals surface area contributed by atoms with Gasteiger partial charge in [0, 0.05) is 7.05 Å². The van der Waals surface area contributed by atoms with Gasteiger partial charge in [-0.05, 0) is 25.3 Å². The monoisotopic (exact) mass is 178 g/mol. The van der Waals surface area contributed by atoms with Crippen molar-refractivity contribution in [1.29, 1.82) is 0 Å². The standard InChI is InChI=1S/C10H14N2O/c1-7-11-6-10(12(7)2)8-3-4-9(13)5-8/h5-6,9,13H,3-4H2,1-2H3. The second-order valence-corrected chi connectivity index (χ2v) is 3.55. The van der Waals surface area contributed by atoms with Gasteiger partial charge in [-0.15, -0.1) is 0 Å². The SMILES string of the molecule is Cc1ncc(C2=CC(O)CC2)n1C. The lowest BCUT2D eigenvalue weighted by Gasteiger charge is -2.03. The topological polar surface area (TPSA) is 38.1 Å². The predicted molar refractivity (Wildman–Crippen MR) is 51.2 cm³/mol. The Morgan fingerprint density at radius 3 is 2.85 bits per heavy atom. The zero-order valence-corrected chi connectivity index (χ0v) is 7.99. The molecule has 2 rings (SSSR count). The number of nitrogens with zero attached hydrogens (tertiary/aromatic N) is 2. The van der Waals surface area contributed by atoms with E-state index < -0.39 is 0 Å². The second kappa shape index (κ2) is 3.00. The molecule has 1 atom stereocenters. The summed E-state index contributed by atoms with van der Waals surface area (Å²) in [4.78, 5) is 4.23. The number of allylic oxidation sites excluding steroid dienone is 1. The van der Waals surface area contributed by atoms with Crippen LogP contribution in [-0.4, -0.2) is 20.8 Å². The minimum Gasteiger partial charge on any atom is -0.389 e. The highest BCUT2D eigenvalue weighted by atomic mass is 16.3. The lowest BCUT2D eigenvalue weighted by molar-refractivity contribution is 0.223. The largest absolute Gasteiger partial charge is 0.389 e. The van der Waals surface area contributed by atoms with Gasteiger partial charge in [-0.3, -0.25) is 0 Å². The third kappa shape index (κ3) is 1.40. The molecule has 0 aromatic carbocycles. The molecule has 0 amide bonds. The van der Waals surface area contributed by atoms with E-state index in [1.807, 2.05) is 26.2 Å². The van der Waals surface area contributed by atoms with Crippen molar-refractivity contribution < 1.29 is 5.11 Å². The molecule has 0 fully saturated rings. The van der Waals surface area contributed by atoms with Gasteiger partial charge in [0.2, 0.25) is 0 Å². The smallest absolute Gasteiger partial charge is 0.105 e. The molecule has 13 heavy (non-hydrogen) atoms. The Bertz CT molecular complexity index is 352. The van der Waals surface area contributed by atoms with Gasteiger partial charge in [-0.25, -0.2) is 4.98 Å². The molecule has 1 aliphatic carbocycles. The van der Waals surface area contributed by atoms with Crippen LogP contribution in [0.25, 0.3) is 5.57 Å². The van der Waals surface area contributed by atoms with Crippen LogP contribution in [0.5, 0.6) is 0 Å². The maximum atomic E-state index is 9.35. The number of aryl methyl sites for hydroxylation is 1. The van der Waals surface area contributed by atoms with Crippen LogP contribution in [0.15, 0.2) is 12.3 Å². The maximum Gasteiger partial charge on any atom is 0.105 e. The first-order chi connectivity index (χ1) is 6.18. The van der Waals surface area contributed by atoms with Crippen LogP contribution < -0.4 is 0 Å². The van der Waals surface area contributed by atoms with Crippen molar-refractivity contribution in [2.24, 2.45) is 7.05 Å². The van der Waals surface area contributed by atoms with Gasteiger partial charge in [-0.1, -0.05) is 6.08 Å². The third-order valence-corrected chi connectivity index (χ3v) is 2.65. The first-order valence-corrected chi connectivity index (χ1v) is 4.56. The Morgan fingerprint density at radius 2 is 2.38 bits per heavy atom. The zero-order chi connectivity index (χ0) is 9.42. The predicted octanol–water partition coefficient (Wildman–Crippen LogP) is 1.27. The van der Waals surface area contributed by atoms with E-state index in [1.54, 1.807) is 0 Å². The highest BCUT2D eigenvalue weighted by Crippen LogP contribution is 2.27. The van der Waals surface area contributed by atoms with Crippen molar-refractivity contribution in [2.45, 2.75) is 25.9 Å². The van der Waals surface area contributed by atoms with Crippen LogP contribution in [0.1, 0.15) is 24.4 Å². The average molecular weight is 178 g/mol. The third-order valence-electron chi connectivity index (χ3n) is 2.65. The van der Waals surface area contributed by atoms with Gasteiger partial charge in [-0.2, -0.15) is 0 Å². The van der Waals surface area contributed by atoms with E-state index in [0.29, 0.717) is 0 Å². The molecule has 3 heteroatoms. The summed E-state index contributed by atoms with van der Waals surface area (Å²) in [5, 5.41) is 9.35. The van der Waals surface area contributed by atoms with Crippen molar-refractivity contribution >= 4 is 5.57 Å². The molecule has 0 bridgehead atoms. The fourth-order valence-corrected chi connectivity index (χ4v) is 1.72. The molecule has 70 valence electrons. The fourth-order valence-electron chi connectivity index (χ4n) is 1.72. The summed E-state index contributed by atoms with van der Waals surface area (Å²) in [6.07, 6.45) is 5.35. The van der Waals surface area contributed by atoms with Crippen LogP contribution in [-0.2, 0) is 7.05 Å². The van der Waals surface area contributed by atoms with Gasteiger partial charge >= 0.3 is 0 Å². The highest BCUT2D eigenvalue weighted by molar-refractivity contribution is 5.65. The fraction of sp³-hybridized carbons (Fsp3) is 0.500. The van der Waals surface area contributed by atoms with Crippen molar-refractivity contribution in [3.05, 3.63) is 23.8 Å². The number of aliphatic hydroxyl groups is 1. The van der Waals surface area contributed by atoms with Crippen LogP contribution in [0.3, 0.4) is 0 Å². The minimum atomic E-state index is -0.259. The number of imidazole rings is 1. The molecule has 0 aliphatic heterocycles. The quantitative estimate of drug-likeness (QED) is 0.703. The molecule has 0 saturated heterocycles. The van der Waals surface area contributed by atoms with Crippen molar-refractivity contribution in [3.63, 3.8) is 0 Å². The van der Waals surface area contributed by atoms with Crippen LogP contribution in [0, 0.1) is 6.92 Å². The lowest BCUT2D eigenvalue weighted by atomic mass is 10.2. The first-order valence-electron chi connectivity index (χ1n) is 4.56. The Balaban J connectivity index is 2.36. The molecule has 1 aliphatic rings. The molecular weight excluding hydrogens is 164 g/mol. The molecule has 0 spiro atoms. The van der Waals surface area contributed by atoms with Gasteiger partial charge in [0.25, 0.3) is 0 Å². The van der Waals surface area contributed by atoms with Crippen LogP contribution in [0.4, 0.5) is 0 Å². The molecule has 1 N–H and O–H groups in total. The average Bonchev–Trinajstić information content (AvgIpc) is 2.62. The van der Waals surface area contributed by atoms with Crippen molar-refractivity contribution in [1.82, 2.24) is 9.55 Å². The van der Waals surface area contributed by atoms with Crippen molar-refractivity contribution in [2.75, 3.05) is 0 Å². The van der Waals surface area contributed by atoms with Crippen LogP contribution in [0.2, 0.25) is 0 Å². The van der Waals surface area contributed by atoms with E-state index in [-0.39, 0.29) is 6.10 Å². The summed E-state index contributed by atoms with van der Waals surface area (Å²) in [5.41, 5.74) is 2.35. The highest BCUT2D eigenvalue weighted by Gasteiger charge is 2.16. The number of hydrogen-bond donors (Lipinski definition) is 1. The molecule has 1 aromatic heterocycles. The Labute approximate surface area is 77.7 Å². The summed E-state index contributed by atoms with van der Waals surface area (Å²) in [6, 6.07) is 0. The number of hydrogen-bond acceptors (Lipinski definition) is 2. The summed E-state index contributed by atoms with van der Waals surface area (Å²) in [5.74, 6) is 1.01. The van der Waals surface area contributed by atoms with Gasteiger partial charge in [0.15, 0.2) is 0 Å². The van der Waals surface area contributed by atoms with E-state index in [2.05, 4.69) is 9.55 Å². The van der Waals surface area contributed by atoms with Crippen molar-refractivity contribution in [3.8, 4) is 0 Å². The lowest BCUT2D eigenvalue weighted by Crippen LogP contribution is -1.96. The van der Waals surface area contributed by atoms with E-state index in [9.17, 15) is 5.11 Å². The van der Waals surface area contributed by atoms with Gasteiger partial charge in [0.1, 0.15) is 5.82 Å². The number of aromatic nitrogens is 2. The normalized spacial score (nSPS) is 22.1. The Morgan fingerprint density at radius 1 is 1.62 bits per heavy atom. The summed E-state index contributed by atoms with van der Waals surface area (Å²) in [7, 11) is 2.00. The van der Waals surface area contributed by atoms with Gasteiger partial charge < -0.3 is 9.67 Å². The number of aliphatic hydroxyl groups excluding tert-OH is 1. The molecule has 1 unspecified atom stereocenters. The summed E-state index contributed by atoms with van der Waals surface area (Å²) >= 11 is 0. The van der Waals surface area contributed by atoms with E-state index >= 15 is 0 Å². The molecule has 1 heterocycles. The Hall–Kier alpha value is -1.09. The maximum absolute atomic E-state index is 9.35. The van der Waals surface area contributed by atoms with E-state index in [1.165, 1.54) is 5.57 Å². The number of rotatable bonds is 1. The second-order valence-electron chi connectivity index (χ2n) is 3.55. The first kappa shape index (κ1) is 8.51. The van der Waals surface area contributed by atoms with E-state index in [4.69, 9.17) is 0 Å². The molecule has 0 radical (unpaired) electrons.